The lowest BCUT2D eigenvalue weighted by atomic mass is 10.1. The van der Waals surface area contributed by atoms with E-state index < -0.39 is 0 Å². The van der Waals surface area contributed by atoms with Gasteiger partial charge in [0.1, 0.15) is 6.33 Å². The zero-order valence-electron chi connectivity index (χ0n) is 14.7. The van der Waals surface area contributed by atoms with Gasteiger partial charge in [-0.15, -0.1) is 10.2 Å². The van der Waals surface area contributed by atoms with Crippen molar-refractivity contribution in [3.63, 3.8) is 0 Å². The minimum Gasteiger partial charge on any atom is -0.353 e. The molecule has 0 saturated carbocycles. The molecule has 1 unspecified atom stereocenters. The molecule has 0 spiro atoms. The fraction of sp³-hybridized carbons (Fsp3) is 0.750. The Hall–Kier alpha value is -1.57. The number of nitrogens with one attached hydrogen (secondary N) is 1. The van der Waals surface area contributed by atoms with Crippen molar-refractivity contribution in [1.82, 2.24) is 25.0 Å². The molecule has 0 aliphatic carbocycles. The van der Waals surface area contributed by atoms with Crippen LogP contribution in [0.3, 0.4) is 0 Å². The molecule has 1 N–H and O–H groups in total. The topological polar surface area (TPSA) is 80.1 Å². The van der Waals surface area contributed by atoms with Crippen LogP contribution in [0, 0.1) is 5.92 Å². The summed E-state index contributed by atoms with van der Waals surface area (Å²) in [5.74, 6) is 1.10. The summed E-state index contributed by atoms with van der Waals surface area (Å²) in [6.45, 7) is 5.88. The van der Waals surface area contributed by atoms with Crippen LogP contribution in [0.15, 0.2) is 11.5 Å². The molecule has 1 aliphatic heterocycles. The van der Waals surface area contributed by atoms with Gasteiger partial charge in [0.15, 0.2) is 5.16 Å². The zero-order chi connectivity index (χ0) is 17.5. The number of aromatic nitrogens is 3. The van der Waals surface area contributed by atoms with Crippen LogP contribution in [-0.4, -0.2) is 56.4 Å². The Labute approximate surface area is 147 Å². The molecule has 1 atom stereocenters. The van der Waals surface area contributed by atoms with Crippen LogP contribution in [0.4, 0.5) is 0 Å². The van der Waals surface area contributed by atoms with Crippen LogP contribution in [0.1, 0.15) is 39.5 Å². The molecule has 1 fully saturated rings. The van der Waals surface area contributed by atoms with E-state index in [2.05, 4.69) is 29.4 Å². The SMILES string of the molecule is CC(C)CCN1CCC(NC(=O)CSc2nncn2C)CCC1=O. The molecule has 0 bridgehead atoms. The summed E-state index contributed by atoms with van der Waals surface area (Å²) in [5, 5.41) is 11.5. The standard InChI is InChI=1S/C16H27N5O2S/c1-12(2)6-8-21-9-7-13(4-5-15(21)23)18-14(22)10-24-16-19-17-11-20(16)3/h11-13H,4-10H2,1-3H3,(H,18,22). The molecule has 0 radical (unpaired) electrons. The average Bonchev–Trinajstić information content (AvgIpc) is 2.86. The van der Waals surface area contributed by atoms with Gasteiger partial charge in [0.25, 0.3) is 0 Å². The Kier molecular flexibility index (Phi) is 7.08. The molecule has 24 heavy (non-hydrogen) atoms. The Morgan fingerprint density at radius 2 is 2.25 bits per heavy atom. The second kappa shape index (κ2) is 9.05. The van der Waals surface area contributed by atoms with Crippen LogP contribution in [0.2, 0.25) is 0 Å². The van der Waals surface area contributed by atoms with Gasteiger partial charge in [-0.3, -0.25) is 9.59 Å². The lowest BCUT2D eigenvalue weighted by Gasteiger charge is -2.22. The molecule has 8 heteroatoms. The summed E-state index contributed by atoms with van der Waals surface area (Å²) < 4.78 is 1.79. The third-order valence-corrected chi connectivity index (χ3v) is 5.18. The average molecular weight is 353 g/mol. The first-order valence-corrected chi connectivity index (χ1v) is 9.48. The molecular formula is C16H27N5O2S. The number of hydrogen-bond donors (Lipinski definition) is 1. The predicted molar refractivity (Wildman–Crippen MR) is 93.5 cm³/mol. The number of rotatable bonds is 7. The minimum absolute atomic E-state index is 0.0175. The summed E-state index contributed by atoms with van der Waals surface area (Å²) >= 11 is 1.37. The van der Waals surface area contributed by atoms with Crippen LogP contribution in [0.25, 0.3) is 0 Å². The van der Waals surface area contributed by atoms with E-state index in [9.17, 15) is 9.59 Å². The van der Waals surface area contributed by atoms with Crippen molar-refractivity contribution in [3.05, 3.63) is 6.33 Å². The van der Waals surface area contributed by atoms with Crippen molar-refractivity contribution in [1.29, 1.82) is 0 Å². The molecule has 1 aromatic heterocycles. The highest BCUT2D eigenvalue weighted by atomic mass is 32.2. The first kappa shape index (κ1) is 18.8. The highest BCUT2D eigenvalue weighted by Crippen LogP contribution is 2.16. The van der Waals surface area contributed by atoms with E-state index in [-0.39, 0.29) is 17.9 Å². The number of amides is 2. The second-order valence-electron chi connectivity index (χ2n) is 6.67. The van der Waals surface area contributed by atoms with E-state index in [1.165, 1.54) is 11.8 Å². The second-order valence-corrected chi connectivity index (χ2v) is 7.61. The van der Waals surface area contributed by atoms with Crippen molar-refractivity contribution in [2.75, 3.05) is 18.8 Å². The van der Waals surface area contributed by atoms with Gasteiger partial charge in [-0.25, -0.2) is 0 Å². The predicted octanol–water partition coefficient (Wildman–Crippen LogP) is 1.45. The molecule has 0 aromatic carbocycles. The van der Waals surface area contributed by atoms with Crippen LogP contribution in [0.5, 0.6) is 0 Å². The molecule has 7 nitrogen and oxygen atoms in total. The molecule has 1 aliphatic rings. The first-order valence-electron chi connectivity index (χ1n) is 8.49. The quantitative estimate of drug-likeness (QED) is 0.751. The van der Waals surface area contributed by atoms with Gasteiger partial charge in [-0.2, -0.15) is 0 Å². The number of nitrogens with zero attached hydrogens (tertiary/aromatic N) is 4. The minimum atomic E-state index is -0.0175. The maximum absolute atomic E-state index is 12.2. The highest BCUT2D eigenvalue weighted by Gasteiger charge is 2.23. The number of carbonyl (C=O) groups excluding carboxylic acids is 2. The molecular weight excluding hydrogens is 326 g/mol. The lowest BCUT2D eigenvalue weighted by Crippen LogP contribution is -2.37. The Balaban J connectivity index is 1.75. The van der Waals surface area contributed by atoms with Crippen molar-refractivity contribution in [3.8, 4) is 0 Å². The molecule has 2 heterocycles. The summed E-state index contributed by atoms with van der Waals surface area (Å²) in [6.07, 6.45) is 4.70. The monoisotopic (exact) mass is 353 g/mol. The van der Waals surface area contributed by atoms with Crippen molar-refractivity contribution >= 4 is 23.6 Å². The van der Waals surface area contributed by atoms with E-state index in [0.29, 0.717) is 18.1 Å². The fourth-order valence-corrected chi connectivity index (χ4v) is 3.33. The van der Waals surface area contributed by atoms with Crippen molar-refractivity contribution < 1.29 is 9.59 Å². The van der Waals surface area contributed by atoms with E-state index in [1.54, 1.807) is 10.9 Å². The normalized spacial score (nSPS) is 18.8. The van der Waals surface area contributed by atoms with Gasteiger partial charge in [0.05, 0.1) is 5.75 Å². The fourth-order valence-electron chi connectivity index (χ4n) is 2.63. The third kappa shape index (κ3) is 5.81. The summed E-state index contributed by atoms with van der Waals surface area (Å²) in [4.78, 5) is 26.2. The summed E-state index contributed by atoms with van der Waals surface area (Å²) in [7, 11) is 1.85. The number of thioether (sulfide) groups is 1. The Morgan fingerprint density at radius 1 is 1.46 bits per heavy atom. The molecule has 2 rings (SSSR count). The molecule has 1 aromatic rings. The number of carbonyl (C=O) groups is 2. The highest BCUT2D eigenvalue weighted by molar-refractivity contribution is 7.99. The maximum atomic E-state index is 12.2. The third-order valence-electron chi connectivity index (χ3n) is 4.15. The van der Waals surface area contributed by atoms with Crippen LogP contribution < -0.4 is 5.32 Å². The van der Waals surface area contributed by atoms with Crippen molar-refractivity contribution in [2.24, 2.45) is 13.0 Å². The van der Waals surface area contributed by atoms with Crippen molar-refractivity contribution in [2.45, 2.75) is 50.7 Å². The summed E-state index contributed by atoms with van der Waals surface area (Å²) in [5.41, 5.74) is 0. The molecule has 2 amide bonds. The van der Waals surface area contributed by atoms with Gasteiger partial charge in [-0.05, 0) is 25.2 Å². The van der Waals surface area contributed by atoms with Gasteiger partial charge < -0.3 is 14.8 Å². The van der Waals surface area contributed by atoms with Gasteiger partial charge >= 0.3 is 0 Å². The maximum Gasteiger partial charge on any atom is 0.230 e. The number of hydrogen-bond acceptors (Lipinski definition) is 5. The summed E-state index contributed by atoms with van der Waals surface area (Å²) in [6, 6.07) is 0.0746. The molecule has 134 valence electrons. The Bertz CT molecular complexity index is 560. The van der Waals surface area contributed by atoms with E-state index in [4.69, 9.17) is 0 Å². The molecule has 1 saturated heterocycles. The smallest absolute Gasteiger partial charge is 0.230 e. The van der Waals surface area contributed by atoms with Gasteiger partial charge in [0, 0.05) is 32.6 Å². The number of likely N-dealkylation sites (tertiary alicyclic amines) is 1. The first-order chi connectivity index (χ1) is 11.5. The Morgan fingerprint density at radius 3 is 2.92 bits per heavy atom. The van der Waals surface area contributed by atoms with E-state index in [0.717, 1.165) is 37.5 Å². The van der Waals surface area contributed by atoms with E-state index >= 15 is 0 Å². The van der Waals surface area contributed by atoms with E-state index in [1.807, 2.05) is 11.9 Å². The largest absolute Gasteiger partial charge is 0.353 e. The zero-order valence-corrected chi connectivity index (χ0v) is 15.5. The number of aryl methyl sites for hydroxylation is 1. The van der Waals surface area contributed by atoms with Crippen LogP contribution in [-0.2, 0) is 16.6 Å². The van der Waals surface area contributed by atoms with Crippen LogP contribution >= 0.6 is 11.8 Å². The van der Waals surface area contributed by atoms with Gasteiger partial charge in [0.2, 0.25) is 11.8 Å². The lowest BCUT2D eigenvalue weighted by molar-refractivity contribution is -0.130. The van der Waals surface area contributed by atoms with Gasteiger partial charge in [-0.1, -0.05) is 25.6 Å².